The van der Waals surface area contributed by atoms with Gasteiger partial charge in [0.1, 0.15) is 5.75 Å². The molecule has 0 radical (unpaired) electrons. The first-order valence-electron chi connectivity index (χ1n) is 5.03. The fourth-order valence-electron chi connectivity index (χ4n) is 1.92. The Hall–Kier alpha value is -1.84. The zero-order valence-electron chi connectivity index (χ0n) is 9.11. The van der Waals surface area contributed by atoms with E-state index in [-0.39, 0.29) is 12.2 Å². The van der Waals surface area contributed by atoms with Gasteiger partial charge in [0.05, 0.1) is 12.0 Å². The van der Waals surface area contributed by atoms with Crippen LogP contribution in [0.5, 0.6) is 5.75 Å². The normalized spacial score (nSPS) is 18.9. The number of aliphatic carboxylic acids is 1. The Morgan fingerprint density at radius 3 is 2.75 bits per heavy atom. The molecule has 0 saturated heterocycles. The van der Waals surface area contributed by atoms with E-state index in [4.69, 9.17) is 9.84 Å². The average Bonchev–Trinajstić information content (AvgIpc) is 2.19. The number of hydrogen-bond donors (Lipinski definition) is 1. The molecular weight excluding hydrogens is 208 g/mol. The smallest absolute Gasteiger partial charge is 0.345 e. The van der Waals surface area contributed by atoms with Crippen LogP contribution in [0.4, 0.5) is 0 Å². The highest BCUT2D eigenvalue weighted by atomic mass is 16.5. The van der Waals surface area contributed by atoms with E-state index in [2.05, 4.69) is 0 Å². The van der Waals surface area contributed by atoms with Gasteiger partial charge in [0, 0.05) is 0 Å². The first-order valence-corrected chi connectivity index (χ1v) is 5.03. The minimum Gasteiger partial charge on any atom is -0.478 e. The number of carboxylic acid groups (broad SMARTS) is 1. The van der Waals surface area contributed by atoms with Gasteiger partial charge in [0.2, 0.25) is 6.10 Å². The maximum Gasteiger partial charge on any atom is 0.345 e. The first kappa shape index (κ1) is 10.7. The molecule has 0 aliphatic carbocycles. The molecule has 4 nitrogen and oxygen atoms in total. The zero-order valence-corrected chi connectivity index (χ0v) is 9.11. The van der Waals surface area contributed by atoms with Crippen LogP contribution in [0.2, 0.25) is 0 Å². The summed E-state index contributed by atoms with van der Waals surface area (Å²) in [5.41, 5.74) is 2.27. The van der Waals surface area contributed by atoms with Gasteiger partial charge < -0.3 is 9.84 Å². The summed E-state index contributed by atoms with van der Waals surface area (Å²) in [5.74, 6) is -0.853. The molecule has 4 heteroatoms. The number of benzene rings is 1. The maximum atomic E-state index is 11.8. The molecule has 0 spiro atoms. The third kappa shape index (κ3) is 1.66. The van der Waals surface area contributed by atoms with Crippen LogP contribution < -0.4 is 4.74 Å². The van der Waals surface area contributed by atoms with Crippen molar-refractivity contribution in [1.29, 1.82) is 0 Å². The molecule has 84 valence electrons. The highest BCUT2D eigenvalue weighted by Gasteiger charge is 2.32. The van der Waals surface area contributed by atoms with E-state index in [1.165, 1.54) is 0 Å². The molecule has 0 aromatic heterocycles. The number of rotatable bonds is 1. The van der Waals surface area contributed by atoms with Crippen LogP contribution >= 0.6 is 0 Å². The van der Waals surface area contributed by atoms with Gasteiger partial charge in [-0.3, -0.25) is 4.79 Å². The van der Waals surface area contributed by atoms with E-state index in [9.17, 15) is 9.59 Å². The van der Waals surface area contributed by atoms with Crippen molar-refractivity contribution in [2.45, 2.75) is 26.4 Å². The Kier molecular flexibility index (Phi) is 2.42. The number of carbonyl (C=O) groups excluding carboxylic acids is 1. The fraction of sp³-hybridized carbons (Fsp3) is 0.333. The molecule has 2 rings (SSSR count). The minimum absolute atomic E-state index is 0.0920. The highest BCUT2D eigenvalue weighted by molar-refractivity contribution is 6.02. The Bertz CT molecular complexity index is 476. The summed E-state index contributed by atoms with van der Waals surface area (Å²) in [6.45, 7) is 3.70. The lowest BCUT2D eigenvalue weighted by molar-refractivity contribution is -0.145. The molecule has 16 heavy (non-hydrogen) atoms. The lowest BCUT2D eigenvalue weighted by Crippen LogP contribution is -2.34. The standard InChI is InChI=1S/C12H12O4/c1-6-3-7(2)11-8(4-6)9(13)5-10(16-11)12(14)15/h3-4,10H,5H2,1-2H3,(H,14,15). The monoisotopic (exact) mass is 220 g/mol. The molecule has 1 aromatic rings. The van der Waals surface area contributed by atoms with Crippen LogP contribution in [0.25, 0.3) is 0 Å². The van der Waals surface area contributed by atoms with Crippen molar-refractivity contribution in [3.05, 3.63) is 28.8 Å². The number of Topliss-reactive ketones (excluding diaryl/α,β-unsaturated/α-hetero) is 1. The number of ether oxygens (including phenoxy) is 1. The lowest BCUT2D eigenvalue weighted by Gasteiger charge is -2.24. The summed E-state index contributed by atoms with van der Waals surface area (Å²) < 4.78 is 5.33. The topological polar surface area (TPSA) is 63.6 Å². The average molecular weight is 220 g/mol. The lowest BCUT2D eigenvalue weighted by atomic mass is 9.96. The number of carbonyl (C=O) groups is 2. The second kappa shape index (κ2) is 3.63. The summed E-state index contributed by atoms with van der Waals surface area (Å²) in [6, 6.07) is 3.61. The second-order valence-corrected chi connectivity index (χ2v) is 4.03. The quantitative estimate of drug-likeness (QED) is 0.782. The van der Waals surface area contributed by atoms with Crippen molar-refractivity contribution in [2.24, 2.45) is 0 Å². The molecule has 0 fully saturated rings. The van der Waals surface area contributed by atoms with Crippen LogP contribution in [0.3, 0.4) is 0 Å². The van der Waals surface area contributed by atoms with Gasteiger partial charge in [-0.05, 0) is 31.0 Å². The SMILES string of the molecule is Cc1cc(C)c2c(c1)C(=O)CC(C(=O)O)O2. The zero-order chi connectivity index (χ0) is 11.9. The van der Waals surface area contributed by atoms with E-state index in [1.807, 2.05) is 19.9 Å². The van der Waals surface area contributed by atoms with Gasteiger partial charge in [-0.1, -0.05) is 6.07 Å². The Labute approximate surface area is 92.8 Å². The largest absolute Gasteiger partial charge is 0.478 e. The van der Waals surface area contributed by atoms with E-state index < -0.39 is 12.1 Å². The molecule has 0 amide bonds. The van der Waals surface area contributed by atoms with Gasteiger partial charge >= 0.3 is 5.97 Å². The highest BCUT2D eigenvalue weighted by Crippen LogP contribution is 2.32. The molecule has 0 bridgehead atoms. The van der Waals surface area contributed by atoms with Crippen LogP contribution in [0, 0.1) is 13.8 Å². The van der Waals surface area contributed by atoms with E-state index in [0.717, 1.165) is 11.1 Å². The van der Waals surface area contributed by atoms with E-state index in [0.29, 0.717) is 11.3 Å². The summed E-state index contributed by atoms with van der Waals surface area (Å²) in [6.07, 6.45) is -1.15. The Balaban J connectivity index is 2.50. The molecule has 1 unspecified atom stereocenters. The van der Waals surface area contributed by atoms with Gasteiger partial charge in [-0.2, -0.15) is 0 Å². The third-order valence-electron chi connectivity index (χ3n) is 2.63. The third-order valence-corrected chi connectivity index (χ3v) is 2.63. The molecular formula is C12H12O4. The number of carboxylic acids is 1. The Morgan fingerprint density at radius 1 is 1.44 bits per heavy atom. The molecule has 1 aromatic carbocycles. The van der Waals surface area contributed by atoms with Gasteiger partial charge in [0.25, 0.3) is 0 Å². The molecule has 1 heterocycles. The van der Waals surface area contributed by atoms with Crippen LogP contribution in [0.15, 0.2) is 12.1 Å². The van der Waals surface area contributed by atoms with Crippen molar-refractivity contribution in [1.82, 2.24) is 0 Å². The summed E-state index contributed by atoms with van der Waals surface area (Å²) in [5, 5.41) is 8.85. The number of fused-ring (bicyclic) bond motifs is 1. The van der Waals surface area contributed by atoms with Crippen molar-refractivity contribution < 1.29 is 19.4 Å². The Morgan fingerprint density at radius 2 is 2.12 bits per heavy atom. The summed E-state index contributed by atoms with van der Waals surface area (Å²) >= 11 is 0. The first-order chi connectivity index (χ1) is 7.49. The van der Waals surface area contributed by atoms with Gasteiger partial charge in [-0.15, -0.1) is 0 Å². The van der Waals surface area contributed by atoms with Gasteiger partial charge in [-0.25, -0.2) is 4.79 Å². The van der Waals surface area contributed by atoms with Crippen molar-refractivity contribution in [3.63, 3.8) is 0 Å². The van der Waals surface area contributed by atoms with Crippen LogP contribution in [-0.2, 0) is 4.79 Å². The van der Waals surface area contributed by atoms with Crippen molar-refractivity contribution in [3.8, 4) is 5.75 Å². The number of hydrogen-bond acceptors (Lipinski definition) is 3. The minimum atomic E-state index is -1.10. The van der Waals surface area contributed by atoms with E-state index in [1.54, 1.807) is 6.07 Å². The van der Waals surface area contributed by atoms with E-state index >= 15 is 0 Å². The number of ketones is 1. The molecule has 1 atom stereocenters. The van der Waals surface area contributed by atoms with Crippen LogP contribution in [0.1, 0.15) is 27.9 Å². The predicted molar refractivity (Wildman–Crippen MR) is 56.9 cm³/mol. The van der Waals surface area contributed by atoms with Crippen molar-refractivity contribution in [2.75, 3.05) is 0 Å². The van der Waals surface area contributed by atoms with Crippen LogP contribution in [-0.4, -0.2) is 23.0 Å². The second-order valence-electron chi connectivity index (χ2n) is 4.03. The predicted octanol–water partition coefficient (Wildman–Crippen LogP) is 1.72. The van der Waals surface area contributed by atoms with Gasteiger partial charge in [0.15, 0.2) is 5.78 Å². The maximum absolute atomic E-state index is 11.8. The molecule has 1 aliphatic heterocycles. The molecule has 1 N–H and O–H groups in total. The fourth-order valence-corrected chi connectivity index (χ4v) is 1.92. The molecule has 1 aliphatic rings. The summed E-state index contributed by atoms with van der Waals surface area (Å²) in [4.78, 5) is 22.6. The van der Waals surface area contributed by atoms with Crippen molar-refractivity contribution >= 4 is 11.8 Å². The molecule has 0 saturated carbocycles. The summed E-state index contributed by atoms with van der Waals surface area (Å²) in [7, 11) is 0. The number of aryl methyl sites for hydroxylation is 2.